The zero-order valence-corrected chi connectivity index (χ0v) is 13.6. The minimum Gasteiger partial charge on any atom is -0.575 e. The van der Waals surface area contributed by atoms with Gasteiger partial charge in [0, 0.05) is 65.5 Å². The van der Waals surface area contributed by atoms with E-state index in [0.717, 1.165) is 16.8 Å². The van der Waals surface area contributed by atoms with Crippen molar-refractivity contribution in [2.45, 2.75) is 13.8 Å². The van der Waals surface area contributed by atoms with Crippen molar-refractivity contribution >= 4 is 23.9 Å². The van der Waals surface area contributed by atoms with E-state index in [-0.39, 0.29) is 71.4 Å². The van der Waals surface area contributed by atoms with Gasteiger partial charge >= 0.3 is 0 Å². The number of guanidine groups is 1. The quantitative estimate of drug-likeness (QED) is 0.385. The van der Waals surface area contributed by atoms with E-state index in [0.29, 0.717) is 0 Å². The maximum Gasteiger partial charge on any atom is 0 e. The Kier molecular flexibility index (Phi) is 12.6. The summed E-state index contributed by atoms with van der Waals surface area (Å²) in [6.07, 6.45) is 2.04. The summed E-state index contributed by atoms with van der Waals surface area (Å²) in [5, 5.41) is 3.87. The van der Waals surface area contributed by atoms with E-state index in [4.69, 9.17) is 6.72 Å². The summed E-state index contributed by atoms with van der Waals surface area (Å²) in [4.78, 5) is 7.77. The SMILES string of the molecule is [CH-]=NC(=Nc1ccccc1C(C)=CC)[N-]C.[V].[Yb]. The Labute approximate surface area is 159 Å². The van der Waals surface area contributed by atoms with Gasteiger partial charge in [-0.2, -0.15) is 0 Å². The summed E-state index contributed by atoms with van der Waals surface area (Å²) in [6.45, 7) is 9.21. The fourth-order valence-corrected chi connectivity index (χ4v) is 1.30. The number of para-hydroxylation sites is 1. The monoisotopic (exact) mass is 438 g/mol. The van der Waals surface area contributed by atoms with Crippen molar-refractivity contribution in [1.82, 2.24) is 0 Å². The molecule has 0 amide bonds. The third-order valence-electron chi connectivity index (χ3n) is 2.30. The largest absolute Gasteiger partial charge is 0.575 e. The van der Waals surface area contributed by atoms with Gasteiger partial charge in [-0.15, -0.1) is 5.96 Å². The van der Waals surface area contributed by atoms with Gasteiger partial charge in [-0.1, -0.05) is 37.4 Å². The molecule has 0 aromatic heterocycles. The summed E-state index contributed by atoms with van der Waals surface area (Å²) >= 11 is 0. The van der Waals surface area contributed by atoms with E-state index in [1.54, 1.807) is 7.05 Å². The van der Waals surface area contributed by atoms with E-state index in [1.807, 2.05) is 44.2 Å². The van der Waals surface area contributed by atoms with Crippen LogP contribution in [0.4, 0.5) is 5.69 Å². The topological polar surface area (TPSA) is 38.8 Å². The molecule has 0 N–H and O–H groups in total. The number of nitrogens with zero attached hydrogens (tertiary/aromatic N) is 3. The van der Waals surface area contributed by atoms with Crippen LogP contribution in [0, 0.1) is 46.9 Å². The van der Waals surface area contributed by atoms with Gasteiger partial charge < -0.3 is 15.3 Å². The third-order valence-corrected chi connectivity index (χ3v) is 2.30. The molecule has 0 aliphatic heterocycles. The number of aliphatic imine (C=N–C) groups is 2. The average molecular weight is 437 g/mol. The van der Waals surface area contributed by atoms with Crippen LogP contribution in [-0.4, -0.2) is 19.7 Å². The van der Waals surface area contributed by atoms with Crippen molar-refractivity contribution in [2.24, 2.45) is 9.98 Å². The van der Waals surface area contributed by atoms with Crippen LogP contribution in [0.2, 0.25) is 0 Å². The normalized spacial score (nSPS) is 11.1. The summed E-state index contributed by atoms with van der Waals surface area (Å²) in [7, 11) is 1.61. The van der Waals surface area contributed by atoms with Gasteiger partial charge in [0.25, 0.3) is 0 Å². The number of hydrogen-bond donors (Lipinski definition) is 0. The van der Waals surface area contributed by atoms with Crippen molar-refractivity contribution in [3.05, 3.63) is 41.2 Å². The van der Waals surface area contributed by atoms with Crippen molar-refractivity contribution < 1.29 is 65.5 Å². The van der Waals surface area contributed by atoms with E-state index in [9.17, 15) is 0 Å². The Bertz CT molecular complexity index is 442. The zero-order chi connectivity index (χ0) is 12.0. The molecule has 0 heterocycles. The first-order chi connectivity index (χ1) is 7.72. The summed E-state index contributed by atoms with van der Waals surface area (Å²) in [5.41, 5.74) is 3.05. The predicted molar refractivity (Wildman–Crippen MR) is 70.6 cm³/mol. The summed E-state index contributed by atoms with van der Waals surface area (Å²) < 4.78 is 0. The van der Waals surface area contributed by atoms with E-state index in [1.165, 1.54) is 0 Å². The van der Waals surface area contributed by atoms with Crippen LogP contribution < -0.4 is 0 Å². The molecular formula is C13H15N3VYb-2. The molecule has 103 valence electrons. The number of hydrogen-bond acceptors (Lipinski definition) is 1. The molecule has 1 rings (SSSR count). The van der Waals surface area contributed by atoms with Crippen molar-refractivity contribution in [3.8, 4) is 0 Å². The Balaban J connectivity index is 0. The molecule has 0 saturated carbocycles. The number of rotatable bonds is 2. The van der Waals surface area contributed by atoms with E-state index in [2.05, 4.69) is 15.3 Å². The van der Waals surface area contributed by atoms with Crippen LogP contribution in [0.5, 0.6) is 0 Å². The van der Waals surface area contributed by atoms with Crippen LogP contribution in [0.3, 0.4) is 0 Å². The molecular weight excluding hydrogens is 422 g/mol. The Hall–Kier alpha value is 0.204. The van der Waals surface area contributed by atoms with Crippen molar-refractivity contribution in [2.75, 3.05) is 7.05 Å². The molecule has 18 heavy (non-hydrogen) atoms. The molecule has 0 atom stereocenters. The molecule has 3 nitrogen and oxygen atoms in total. The first-order valence-corrected chi connectivity index (χ1v) is 5.04. The van der Waals surface area contributed by atoms with Crippen LogP contribution in [-0.2, 0) is 18.6 Å². The molecule has 0 aliphatic carbocycles. The Morgan fingerprint density at radius 2 is 1.94 bits per heavy atom. The smallest absolute Gasteiger partial charge is 0 e. The molecule has 0 spiro atoms. The Morgan fingerprint density at radius 1 is 1.33 bits per heavy atom. The third kappa shape index (κ3) is 5.90. The van der Waals surface area contributed by atoms with Crippen LogP contribution >= 0.6 is 0 Å². The van der Waals surface area contributed by atoms with Gasteiger partial charge in [0.15, 0.2) is 0 Å². The van der Waals surface area contributed by atoms with Crippen LogP contribution in [0.15, 0.2) is 40.3 Å². The number of benzene rings is 1. The van der Waals surface area contributed by atoms with Gasteiger partial charge in [-0.25, -0.2) is 0 Å². The first-order valence-electron chi connectivity index (χ1n) is 5.04. The van der Waals surface area contributed by atoms with Gasteiger partial charge in [0.1, 0.15) is 0 Å². The second kappa shape index (κ2) is 11.1. The summed E-state index contributed by atoms with van der Waals surface area (Å²) in [5.74, 6) is 0.288. The second-order valence-corrected chi connectivity index (χ2v) is 3.25. The van der Waals surface area contributed by atoms with Gasteiger partial charge in [0.2, 0.25) is 0 Å². The minimum atomic E-state index is 0. The molecule has 0 saturated heterocycles. The molecule has 1 aromatic rings. The van der Waals surface area contributed by atoms with E-state index < -0.39 is 0 Å². The maximum absolute atomic E-state index is 5.18. The maximum atomic E-state index is 5.18. The molecule has 0 aliphatic rings. The molecule has 0 bridgehead atoms. The van der Waals surface area contributed by atoms with Crippen LogP contribution in [0.1, 0.15) is 19.4 Å². The molecule has 1 radical (unpaired) electrons. The van der Waals surface area contributed by atoms with Gasteiger partial charge in [-0.05, 0) is 30.7 Å². The van der Waals surface area contributed by atoms with E-state index >= 15 is 0 Å². The standard InChI is InChI=1S/C13H15N3.V.Yb/c1-5-10(2)11-8-6-7-9-12(11)16-13(14-3)15-4;;/h3,5-9H,1-2,4H3;;/q-2;;. The predicted octanol–water partition coefficient (Wildman–Crippen LogP) is 3.68. The van der Waals surface area contributed by atoms with Crippen molar-refractivity contribution in [3.63, 3.8) is 0 Å². The molecule has 5 heteroatoms. The summed E-state index contributed by atoms with van der Waals surface area (Å²) in [6, 6.07) is 7.83. The first kappa shape index (κ1) is 20.5. The molecule has 0 unspecified atom stereocenters. The number of allylic oxidation sites excluding steroid dienone is 2. The Morgan fingerprint density at radius 3 is 2.44 bits per heavy atom. The fourth-order valence-electron chi connectivity index (χ4n) is 1.30. The molecule has 0 fully saturated rings. The van der Waals surface area contributed by atoms with Crippen molar-refractivity contribution in [1.29, 1.82) is 0 Å². The molecule has 1 aromatic carbocycles. The minimum absolute atomic E-state index is 0. The average Bonchev–Trinajstić information content (AvgIpc) is 2.35. The van der Waals surface area contributed by atoms with Crippen LogP contribution in [0.25, 0.3) is 10.9 Å². The fraction of sp³-hybridized carbons (Fsp3) is 0.231. The zero-order valence-electron chi connectivity index (χ0n) is 10.5. The van der Waals surface area contributed by atoms with Gasteiger partial charge in [-0.3, -0.25) is 6.72 Å². The second-order valence-electron chi connectivity index (χ2n) is 3.25. The van der Waals surface area contributed by atoms with Gasteiger partial charge in [0.05, 0.1) is 0 Å².